The molecule has 3 fully saturated rings. The Balaban J connectivity index is 1.95. The molecule has 2 heterocycles. The van der Waals surface area contributed by atoms with Gasteiger partial charge in [0.25, 0.3) is 0 Å². The van der Waals surface area contributed by atoms with Gasteiger partial charge in [0.05, 0.1) is 5.92 Å². The van der Waals surface area contributed by atoms with Gasteiger partial charge in [-0.25, -0.2) is 4.79 Å². The fourth-order valence-electron chi connectivity index (χ4n) is 4.27. The standard InChI is InChI=1S/C15H23N3O3/c1-8-11-7-16-15(21)17-13(11)18(10-5-3-4-6-10)14(20)12(8)9(2)19/h8,10-13H,3-7H2,1-2H3,(H2,16,17,21). The second-order valence-corrected chi connectivity index (χ2v) is 6.59. The van der Waals surface area contributed by atoms with Gasteiger partial charge in [-0.1, -0.05) is 19.8 Å². The Kier molecular flexibility index (Phi) is 3.63. The number of carbonyl (C=O) groups is 3. The van der Waals surface area contributed by atoms with Gasteiger partial charge in [-0.15, -0.1) is 0 Å². The maximum absolute atomic E-state index is 12.9. The number of likely N-dealkylation sites (tertiary alicyclic amines) is 1. The predicted octanol–water partition coefficient (Wildman–Crippen LogP) is 0.868. The summed E-state index contributed by atoms with van der Waals surface area (Å²) in [6.45, 7) is 3.98. The lowest BCUT2D eigenvalue weighted by Crippen LogP contribution is -2.71. The number of urea groups is 1. The number of hydrogen-bond donors (Lipinski definition) is 2. The summed E-state index contributed by atoms with van der Waals surface area (Å²) >= 11 is 0. The average molecular weight is 293 g/mol. The molecule has 6 nitrogen and oxygen atoms in total. The zero-order chi connectivity index (χ0) is 15.1. The molecule has 2 aliphatic heterocycles. The number of fused-ring (bicyclic) bond motifs is 1. The van der Waals surface area contributed by atoms with E-state index in [9.17, 15) is 14.4 Å². The third-order valence-corrected chi connectivity index (χ3v) is 5.36. The second kappa shape index (κ2) is 5.31. The first kappa shape index (κ1) is 14.4. The Labute approximate surface area is 124 Å². The van der Waals surface area contributed by atoms with E-state index in [2.05, 4.69) is 10.6 Å². The summed E-state index contributed by atoms with van der Waals surface area (Å²) in [5, 5.41) is 5.71. The summed E-state index contributed by atoms with van der Waals surface area (Å²) in [6.07, 6.45) is 3.89. The number of amides is 3. The van der Waals surface area contributed by atoms with E-state index < -0.39 is 5.92 Å². The van der Waals surface area contributed by atoms with Gasteiger partial charge >= 0.3 is 6.03 Å². The van der Waals surface area contributed by atoms with Gasteiger partial charge in [-0.3, -0.25) is 9.59 Å². The van der Waals surface area contributed by atoms with Crippen molar-refractivity contribution in [2.24, 2.45) is 17.8 Å². The molecular weight excluding hydrogens is 270 g/mol. The van der Waals surface area contributed by atoms with Crippen molar-refractivity contribution in [3.05, 3.63) is 0 Å². The maximum atomic E-state index is 12.9. The number of nitrogens with zero attached hydrogens (tertiary/aromatic N) is 1. The Bertz CT molecular complexity index is 473. The van der Waals surface area contributed by atoms with Crippen molar-refractivity contribution < 1.29 is 14.4 Å². The molecule has 21 heavy (non-hydrogen) atoms. The van der Waals surface area contributed by atoms with Crippen LogP contribution in [0.5, 0.6) is 0 Å². The molecule has 116 valence electrons. The van der Waals surface area contributed by atoms with Crippen molar-refractivity contribution in [3.8, 4) is 0 Å². The highest BCUT2D eigenvalue weighted by molar-refractivity contribution is 6.01. The topological polar surface area (TPSA) is 78.5 Å². The average Bonchev–Trinajstić information content (AvgIpc) is 2.91. The quantitative estimate of drug-likeness (QED) is 0.741. The van der Waals surface area contributed by atoms with E-state index in [1.807, 2.05) is 11.8 Å². The van der Waals surface area contributed by atoms with Crippen LogP contribution in [0.25, 0.3) is 0 Å². The third kappa shape index (κ3) is 2.30. The van der Waals surface area contributed by atoms with Crippen LogP contribution in [0, 0.1) is 17.8 Å². The fraction of sp³-hybridized carbons (Fsp3) is 0.800. The smallest absolute Gasteiger partial charge is 0.316 e. The van der Waals surface area contributed by atoms with Crippen LogP contribution in [0.2, 0.25) is 0 Å². The van der Waals surface area contributed by atoms with E-state index in [-0.39, 0.29) is 41.8 Å². The normalized spacial score (nSPS) is 37.0. The first-order chi connectivity index (χ1) is 10.0. The van der Waals surface area contributed by atoms with Crippen molar-refractivity contribution in [2.75, 3.05) is 6.54 Å². The van der Waals surface area contributed by atoms with Crippen molar-refractivity contribution >= 4 is 17.7 Å². The van der Waals surface area contributed by atoms with Gasteiger partial charge in [0.15, 0.2) is 0 Å². The van der Waals surface area contributed by atoms with E-state index in [4.69, 9.17) is 0 Å². The van der Waals surface area contributed by atoms with Crippen LogP contribution in [0.3, 0.4) is 0 Å². The van der Waals surface area contributed by atoms with Crippen molar-refractivity contribution in [1.29, 1.82) is 0 Å². The molecule has 0 aromatic carbocycles. The maximum Gasteiger partial charge on any atom is 0.316 e. The minimum atomic E-state index is -0.566. The molecular formula is C15H23N3O3. The molecule has 0 radical (unpaired) electrons. The van der Waals surface area contributed by atoms with Crippen molar-refractivity contribution in [1.82, 2.24) is 15.5 Å². The highest BCUT2D eigenvalue weighted by atomic mass is 16.2. The fourth-order valence-corrected chi connectivity index (χ4v) is 4.27. The molecule has 3 amide bonds. The van der Waals surface area contributed by atoms with E-state index in [1.54, 1.807) is 0 Å². The first-order valence-electron chi connectivity index (χ1n) is 7.87. The van der Waals surface area contributed by atoms with E-state index in [0.717, 1.165) is 25.7 Å². The number of hydrogen-bond acceptors (Lipinski definition) is 3. The number of nitrogens with one attached hydrogen (secondary N) is 2. The summed E-state index contributed by atoms with van der Waals surface area (Å²) in [5.74, 6) is -0.680. The molecule has 0 bridgehead atoms. The molecule has 2 saturated heterocycles. The van der Waals surface area contributed by atoms with Crippen LogP contribution in [-0.2, 0) is 9.59 Å². The lowest BCUT2D eigenvalue weighted by molar-refractivity contribution is -0.158. The Morgan fingerprint density at radius 3 is 2.52 bits per heavy atom. The molecule has 3 aliphatic rings. The molecule has 6 heteroatoms. The van der Waals surface area contributed by atoms with Crippen LogP contribution >= 0.6 is 0 Å². The summed E-state index contributed by atoms with van der Waals surface area (Å²) in [5.41, 5.74) is 0. The highest BCUT2D eigenvalue weighted by Gasteiger charge is 2.52. The number of Topliss-reactive ketones (excluding diaryl/α,β-unsaturated/α-hetero) is 1. The molecule has 0 aromatic heterocycles. The zero-order valence-corrected chi connectivity index (χ0v) is 12.6. The molecule has 1 saturated carbocycles. The monoisotopic (exact) mass is 293 g/mol. The first-order valence-corrected chi connectivity index (χ1v) is 7.87. The third-order valence-electron chi connectivity index (χ3n) is 5.36. The van der Waals surface area contributed by atoms with Gasteiger partial charge in [-0.05, 0) is 25.7 Å². The minimum Gasteiger partial charge on any atom is -0.338 e. The van der Waals surface area contributed by atoms with Gasteiger partial charge in [-0.2, -0.15) is 0 Å². The van der Waals surface area contributed by atoms with Crippen LogP contribution in [0.4, 0.5) is 4.79 Å². The van der Waals surface area contributed by atoms with Crippen LogP contribution in [0.1, 0.15) is 39.5 Å². The van der Waals surface area contributed by atoms with Gasteiger partial charge in [0.2, 0.25) is 5.91 Å². The summed E-state index contributed by atoms with van der Waals surface area (Å²) < 4.78 is 0. The Hall–Kier alpha value is -1.59. The van der Waals surface area contributed by atoms with E-state index >= 15 is 0 Å². The number of rotatable bonds is 2. The second-order valence-electron chi connectivity index (χ2n) is 6.59. The molecule has 0 spiro atoms. The minimum absolute atomic E-state index is 0.0502. The molecule has 4 unspecified atom stereocenters. The number of piperidine rings is 1. The van der Waals surface area contributed by atoms with E-state index in [0.29, 0.717) is 6.54 Å². The number of ketones is 1. The van der Waals surface area contributed by atoms with Gasteiger partial charge in [0, 0.05) is 18.5 Å². The lowest BCUT2D eigenvalue weighted by Gasteiger charge is -2.51. The Morgan fingerprint density at radius 2 is 1.90 bits per heavy atom. The summed E-state index contributed by atoms with van der Waals surface area (Å²) in [7, 11) is 0. The van der Waals surface area contributed by atoms with Crippen molar-refractivity contribution in [2.45, 2.75) is 51.7 Å². The van der Waals surface area contributed by atoms with Crippen LogP contribution < -0.4 is 10.6 Å². The zero-order valence-electron chi connectivity index (χ0n) is 12.6. The predicted molar refractivity (Wildman–Crippen MR) is 76.2 cm³/mol. The molecule has 4 atom stereocenters. The Morgan fingerprint density at radius 1 is 1.24 bits per heavy atom. The van der Waals surface area contributed by atoms with Crippen molar-refractivity contribution in [3.63, 3.8) is 0 Å². The molecule has 1 aliphatic carbocycles. The summed E-state index contributed by atoms with van der Waals surface area (Å²) in [4.78, 5) is 38.3. The van der Waals surface area contributed by atoms with Gasteiger partial charge < -0.3 is 15.5 Å². The van der Waals surface area contributed by atoms with Crippen LogP contribution in [0.15, 0.2) is 0 Å². The number of carbonyl (C=O) groups excluding carboxylic acids is 3. The lowest BCUT2D eigenvalue weighted by atomic mass is 9.73. The van der Waals surface area contributed by atoms with E-state index in [1.165, 1.54) is 6.92 Å². The SMILES string of the molecule is CC(=O)C1C(=O)N(C2CCCC2)C2NC(=O)NCC2C1C. The van der Waals surface area contributed by atoms with Crippen LogP contribution in [-0.4, -0.2) is 41.4 Å². The van der Waals surface area contributed by atoms with Gasteiger partial charge in [0.1, 0.15) is 11.9 Å². The molecule has 0 aromatic rings. The summed E-state index contributed by atoms with van der Waals surface area (Å²) in [6, 6.07) is -0.0572. The highest BCUT2D eigenvalue weighted by Crippen LogP contribution is 2.38. The largest absolute Gasteiger partial charge is 0.338 e. The molecule has 3 rings (SSSR count). The molecule has 2 N–H and O–H groups in total.